The molecule has 1 aliphatic heterocycles. The van der Waals surface area contributed by atoms with Crippen LogP contribution in [0.2, 0.25) is 10.0 Å². The van der Waals surface area contributed by atoms with Gasteiger partial charge in [0.05, 0.1) is 23.4 Å². The summed E-state index contributed by atoms with van der Waals surface area (Å²) in [7, 11) is 0. The molecule has 138 valence electrons. The summed E-state index contributed by atoms with van der Waals surface area (Å²) in [5.41, 5.74) is 2.53. The molecule has 0 aromatic heterocycles. The van der Waals surface area contributed by atoms with Crippen molar-refractivity contribution in [1.82, 2.24) is 10.6 Å². The Morgan fingerprint density at radius 1 is 1.23 bits per heavy atom. The van der Waals surface area contributed by atoms with E-state index in [1.165, 1.54) is 0 Å². The first-order valence-corrected chi connectivity index (χ1v) is 9.27. The molecule has 0 aliphatic carbocycles. The third kappa shape index (κ3) is 4.30. The third-order valence-corrected chi connectivity index (χ3v) is 4.97. The highest BCUT2D eigenvalue weighted by Gasteiger charge is 2.26. The van der Waals surface area contributed by atoms with Crippen LogP contribution in [0, 0.1) is 0 Å². The lowest BCUT2D eigenvalue weighted by Crippen LogP contribution is -2.46. The zero-order valence-corrected chi connectivity index (χ0v) is 15.7. The summed E-state index contributed by atoms with van der Waals surface area (Å²) < 4.78 is 0. The number of halogens is 2. The number of carbonyl (C=O) groups excluding carboxylic acids is 1. The van der Waals surface area contributed by atoms with E-state index in [1.54, 1.807) is 12.1 Å². The predicted octanol–water partition coefficient (Wildman–Crippen LogP) is 2.87. The van der Waals surface area contributed by atoms with E-state index in [1.807, 2.05) is 30.3 Å². The molecule has 1 amide bonds. The standard InChI is InChI=1S/C19H21Cl2N3O2/c20-15-4-1-13(2-5-15)18-12-22-7-9-24(18)17-6-3-14(11-16(17)21)19(26)23-8-10-25/h1-6,11,18,22,25H,7-10,12H2,(H,23,26)/t18-/m0/s1. The van der Waals surface area contributed by atoms with E-state index in [9.17, 15) is 4.79 Å². The molecule has 0 bridgehead atoms. The van der Waals surface area contributed by atoms with E-state index < -0.39 is 0 Å². The lowest BCUT2D eigenvalue weighted by atomic mass is 10.0. The number of hydrogen-bond acceptors (Lipinski definition) is 4. The fourth-order valence-electron chi connectivity index (χ4n) is 3.13. The van der Waals surface area contributed by atoms with Crippen molar-refractivity contribution in [3.63, 3.8) is 0 Å². The highest BCUT2D eigenvalue weighted by Crippen LogP contribution is 2.34. The van der Waals surface area contributed by atoms with Crippen molar-refractivity contribution in [3.05, 3.63) is 63.6 Å². The lowest BCUT2D eigenvalue weighted by Gasteiger charge is -2.39. The summed E-state index contributed by atoms with van der Waals surface area (Å²) in [6.45, 7) is 2.59. The smallest absolute Gasteiger partial charge is 0.251 e. The summed E-state index contributed by atoms with van der Waals surface area (Å²) in [4.78, 5) is 14.3. The van der Waals surface area contributed by atoms with Crippen LogP contribution in [0.15, 0.2) is 42.5 Å². The first-order valence-electron chi connectivity index (χ1n) is 8.51. The molecule has 5 nitrogen and oxygen atoms in total. The maximum absolute atomic E-state index is 12.0. The van der Waals surface area contributed by atoms with Gasteiger partial charge >= 0.3 is 0 Å². The average Bonchev–Trinajstić information content (AvgIpc) is 2.67. The maximum atomic E-state index is 12.0. The molecule has 0 saturated carbocycles. The van der Waals surface area contributed by atoms with Crippen molar-refractivity contribution in [2.24, 2.45) is 0 Å². The summed E-state index contributed by atoms with van der Waals surface area (Å²) in [6, 6.07) is 13.3. The normalized spacial score (nSPS) is 17.2. The monoisotopic (exact) mass is 393 g/mol. The van der Waals surface area contributed by atoms with Crippen LogP contribution in [-0.2, 0) is 0 Å². The first kappa shape index (κ1) is 19.0. The summed E-state index contributed by atoms with van der Waals surface area (Å²) >= 11 is 12.5. The Balaban J connectivity index is 1.85. The van der Waals surface area contributed by atoms with Crippen molar-refractivity contribution < 1.29 is 9.90 Å². The van der Waals surface area contributed by atoms with Crippen LogP contribution in [0.4, 0.5) is 5.69 Å². The highest BCUT2D eigenvalue weighted by molar-refractivity contribution is 6.33. The SMILES string of the molecule is O=C(NCCO)c1ccc(N2CCNC[C@H]2c2ccc(Cl)cc2)c(Cl)c1. The van der Waals surface area contributed by atoms with Gasteiger partial charge in [-0.25, -0.2) is 0 Å². The molecule has 3 rings (SSSR count). The predicted molar refractivity (Wildman–Crippen MR) is 105 cm³/mol. The van der Waals surface area contributed by atoms with E-state index in [4.69, 9.17) is 28.3 Å². The van der Waals surface area contributed by atoms with Crippen molar-refractivity contribution in [2.45, 2.75) is 6.04 Å². The maximum Gasteiger partial charge on any atom is 0.251 e. The van der Waals surface area contributed by atoms with E-state index >= 15 is 0 Å². The fraction of sp³-hybridized carbons (Fsp3) is 0.316. The number of nitrogens with one attached hydrogen (secondary N) is 2. The van der Waals surface area contributed by atoms with E-state index in [2.05, 4.69) is 15.5 Å². The molecule has 2 aromatic carbocycles. The number of rotatable bonds is 5. The zero-order chi connectivity index (χ0) is 18.5. The minimum absolute atomic E-state index is 0.0961. The summed E-state index contributed by atoms with van der Waals surface area (Å²) in [5, 5.41) is 16.1. The second kappa shape index (κ2) is 8.73. The number of piperazine rings is 1. The molecule has 2 aromatic rings. The molecule has 0 radical (unpaired) electrons. The molecule has 1 fully saturated rings. The molecule has 26 heavy (non-hydrogen) atoms. The lowest BCUT2D eigenvalue weighted by molar-refractivity contribution is 0.0945. The molecule has 1 heterocycles. The van der Waals surface area contributed by atoms with Crippen molar-refractivity contribution in [2.75, 3.05) is 37.7 Å². The molecule has 1 atom stereocenters. The Hall–Kier alpha value is -1.79. The van der Waals surface area contributed by atoms with Gasteiger partial charge in [-0.2, -0.15) is 0 Å². The van der Waals surface area contributed by atoms with Crippen LogP contribution >= 0.6 is 23.2 Å². The van der Waals surface area contributed by atoms with Gasteiger partial charge in [0.25, 0.3) is 5.91 Å². The Kier molecular flexibility index (Phi) is 6.38. The topological polar surface area (TPSA) is 64.6 Å². The summed E-state index contributed by atoms with van der Waals surface area (Å²) in [5.74, 6) is -0.248. The van der Waals surface area contributed by atoms with Gasteiger partial charge in [0.15, 0.2) is 0 Å². The van der Waals surface area contributed by atoms with Crippen LogP contribution in [-0.4, -0.2) is 43.8 Å². The van der Waals surface area contributed by atoms with Gasteiger partial charge < -0.3 is 20.6 Å². The Morgan fingerprint density at radius 3 is 2.69 bits per heavy atom. The van der Waals surface area contributed by atoms with Crippen LogP contribution in [0.3, 0.4) is 0 Å². The van der Waals surface area contributed by atoms with Crippen LogP contribution in [0.25, 0.3) is 0 Å². The van der Waals surface area contributed by atoms with Gasteiger partial charge in [-0.15, -0.1) is 0 Å². The van der Waals surface area contributed by atoms with Crippen molar-refractivity contribution in [3.8, 4) is 0 Å². The molecule has 3 N–H and O–H groups in total. The van der Waals surface area contributed by atoms with Gasteiger partial charge in [0.2, 0.25) is 0 Å². The van der Waals surface area contributed by atoms with Gasteiger partial charge in [-0.1, -0.05) is 35.3 Å². The van der Waals surface area contributed by atoms with Crippen molar-refractivity contribution in [1.29, 1.82) is 0 Å². The average molecular weight is 394 g/mol. The number of hydrogen-bond donors (Lipinski definition) is 3. The van der Waals surface area contributed by atoms with E-state index in [0.717, 1.165) is 30.9 Å². The fourth-order valence-corrected chi connectivity index (χ4v) is 3.54. The van der Waals surface area contributed by atoms with Gasteiger partial charge in [-0.3, -0.25) is 4.79 Å². The molecule has 1 aliphatic rings. The molecule has 1 saturated heterocycles. The Labute approximate surface area is 162 Å². The van der Waals surface area contributed by atoms with Crippen LogP contribution in [0.5, 0.6) is 0 Å². The van der Waals surface area contributed by atoms with Gasteiger partial charge in [-0.05, 0) is 35.9 Å². The van der Waals surface area contributed by atoms with Gasteiger partial charge in [0.1, 0.15) is 0 Å². The Morgan fingerprint density at radius 2 is 2.00 bits per heavy atom. The molecule has 0 unspecified atom stereocenters. The summed E-state index contributed by atoms with van der Waals surface area (Å²) in [6.07, 6.45) is 0. The molecular formula is C19H21Cl2N3O2. The second-order valence-corrected chi connectivity index (χ2v) is 6.95. The quantitative estimate of drug-likeness (QED) is 0.730. The van der Waals surface area contributed by atoms with E-state index in [0.29, 0.717) is 15.6 Å². The number of nitrogens with zero attached hydrogens (tertiary/aromatic N) is 1. The van der Waals surface area contributed by atoms with Gasteiger partial charge in [0, 0.05) is 36.8 Å². The number of aliphatic hydroxyl groups excluding tert-OH is 1. The second-order valence-electron chi connectivity index (χ2n) is 6.11. The number of benzene rings is 2. The minimum Gasteiger partial charge on any atom is -0.395 e. The van der Waals surface area contributed by atoms with Crippen LogP contribution in [0.1, 0.15) is 22.0 Å². The van der Waals surface area contributed by atoms with Crippen LogP contribution < -0.4 is 15.5 Å². The highest BCUT2D eigenvalue weighted by atomic mass is 35.5. The molecule has 0 spiro atoms. The van der Waals surface area contributed by atoms with Crippen molar-refractivity contribution >= 4 is 34.8 Å². The largest absolute Gasteiger partial charge is 0.395 e. The van der Waals surface area contributed by atoms with E-state index in [-0.39, 0.29) is 25.1 Å². The third-order valence-electron chi connectivity index (χ3n) is 4.41. The first-order chi connectivity index (χ1) is 12.6. The minimum atomic E-state index is -0.248. The zero-order valence-electron chi connectivity index (χ0n) is 14.2. The Bertz CT molecular complexity index is 768. The molecule has 7 heteroatoms. The number of anilines is 1. The number of carbonyl (C=O) groups is 1. The number of aliphatic hydroxyl groups is 1. The molecular weight excluding hydrogens is 373 g/mol. The number of amides is 1.